The second kappa shape index (κ2) is 8.36. The number of aryl methyl sites for hydroxylation is 2. The topological polar surface area (TPSA) is 70.8 Å². The maximum atomic E-state index is 12.7. The van der Waals surface area contributed by atoms with Gasteiger partial charge in [-0.3, -0.25) is 9.59 Å². The Labute approximate surface area is 178 Å². The summed E-state index contributed by atoms with van der Waals surface area (Å²) in [5, 5.41) is 4.87. The Morgan fingerprint density at radius 1 is 1.17 bits per heavy atom. The number of carbonyl (C=O) groups is 2. The average Bonchev–Trinajstić information content (AvgIpc) is 3.30. The van der Waals surface area contributed by atoms with Crippen molar-refractivity contribution in [3.05, 3.63) is 28.7 Å². The highest BCUT2D eigenvalue weighted by molar-refractivity contribution is 5.81. The molecular weight excluding hydrogens is 378 g/mol. The normalized spacial score (nSPS) is 18.9. The number of carbonyl (C=O) groups excluding carboxylic acids is 2. The van der Waals surface area contributed by atoms with E-state index in [4.69, 9.17) is 10.1 Å². The third-order valence-corrected chi connectivity index (χ3v) is 6.69. The zero-order valence-corrected chi connectivity index (χ0v) is 18.6. The van der Waals surface area contributed by atoms with Gasteiger partial charge in [0.1, 0.15) is 0 Å². The van der Waals surface area contributed by atoms with Crippen molar-refractivity contribution < 1.29 is 9.59 Å². The van der Waals surface area contributed by atoms with Crippen LogP contribution in [0.2, 0.25) is 0 Å². The van der Waals surface area contributed by atoms with Crippen LogP contribution in [0.1, 0.15) is 74.6 Å². The third kappa shape index (κ3) is 3.82. The molecule has 0 bridgehead atoms. The number of likely N-dealkylation sites (tertiary alicyclic amines) is 1. The monoisotopic (exact) mass is 411 g/mol. The summed E-state index contributed by atoms with van der Waals surface area (Å²) in [7, 11) is 0. The van der Waals surface area contributed by atoms with Gasteiger partial charge in [0.15, 0.2) is 5.65 Å². The van der Waals surface area contributed by atoms with Crippen LogP contribution >= 0.6 is 0 Å². The van der Waals surface area contributed by atoms with Crippen molar-refractivity contribution in [3.8, 4) is 0 Å². The Bertz CT molecular complexity index is 958. The summed E-state index contributed by atoms with van der Waals surface area (Å²) in [5.74, 6) is 0.714. The number of hydrogen-bond donors (Lipinski definition) is 0. The van der Waals surface area contributed by atoms with Crippen LogP contribution in [-0.2, 0) is 16.0 Å². The molecule has 0 unspecified atom stereocenters. The Morgan fingerprint density at radius 3 is 2.57 bits per heavy atom. The Morgan fingerprint density at radius 2 is 1.90 bits per heavy atom. The van der Waals surface area contributed by atoms with Crippen LogP contribution in [0.4, 0.5) is 0 Å². The highest BCUT2D eigenvalue weighted by Crippen LogP contribution is 2.38. The van der Waals surface area contributed by atoms with E-state index in [9.17, 15) is 9.59 Å². The summed E-state index contributed by atoms with van der Waals surface area (Å²) in [6.07, 6.45) is 5.20. The number of fused-ring (bicyclic) bond motifs is 1. The molecule has 0 N–H and O–H groups in total. The molecule has 2 fully saturated rings. The fraction of sp³-hybridized carbons (Fsp3) is 0.652. The van der Waals surface area contributed by atoms with Crippen molar-refractivity contribution in [1.29, 1.82) is 0 Å². The minimum atomic E-state index is 0.0622. The Balaban J connectivity index is 1.58. The summed E-state index contributed by atoms with van der Waals surface area (Å²) >= 11 is 0. The Kier molecular flexibility index (Phi) is 5.80. The molecule has 162 valence electrons. The average molecular weight is 412 g/mol. The van der Waals surface area contributed by atoms with Crippen LogP contribution in [0.3, 0.4) is 0 Å². The van der Waals surface area contributed by atoms with Gasteiger partial charge in [-0.25, -0.2) is 9.50 Å². The van der Waals surface area contributed by atoms with Crippen LogP contribution in [0.5, 0.6) is 0 Å². The molecule has 1 aliphatic carbocycles. The number of hydrogen-bond acceptors (Lipinski definition) is 4. The molecule has 1 atom stereocenters. The summed E-state index contributed by atoms with van der Waals surface area (Å²) in [4.78, 5) is 33.8. The summed E-state index contributed by atoms with van der Waals surface area (Å²) in [5.41, 5.74) is 4.85. The van der Waals surface area contributed by atoms with Gasteiger partial charge in [0, 0.05) is 49.4 Å². The second-order valence-electron chi connectivity index (χ2n) is 8.63. The van der Waals surface area contributed by atoms with Crippen molar-refractivity contribution in [3.63, 3.8) is 0 Å². The number of nitrogens with zero attached hydrogens (tertiary/aromatic N) is 5. The standard InChI is InChI=1S/C23H33N5O2/c1-5-26(6-2)22(29)12-11-18-15(3)24-21-14-19(25-28(21)16(18)4)20-8-7-13-27(20)23(30)17-9-10-17/h14,17,20H,5-13H2,1-4H3/t20-/m1/s1. The van der Waals surface area contributed by atoms with Gasteiger partial charge in [0.2, 0.25) is 11.8 Å². The third-order valence-electron chi connectivity index (χ3n) is 6.69. The van der Waals surface area contributed by atoms with Crippen molar-refractivity contribution in [2.24, 2.45) is 5.92 Å². The highest BCUT2D eigenvalue weighted by Gasteiger charge is 2.39. The van der Waals surface area contributed by atoms with Crippen LogP contribution < -0.4 is 0 Å². The largest absolute Gasteiger partial charge is 0.343 e. The lowest BCUT2D eigenvalue weighted by Gasteiger charge is -2.23. The van der Waals surface area contributed by atoms with Crippen LogP contribution in [0.15, 0.2) is 6.07 Å². The van der Waals surface area contributed by atoms with E-state index in [1.807, 2.05) is 41.2 Å². The smallest absolute Gasteiger partial charge is 0.226 e. The van der Waals surface area contributed by atoms with E-state index >= 15 is 0 Å². The molecule has 2 amide bonds. The molecular formula is C23H33N5O2. The van der Waals surface area contributed by atoms with E-state index in [1.165, 1.54) is 0 Å². The fourth-order valence-corrected chi connectivity index (χ4v) is 4.74. The predicted molar refractivity (Wildman–Crippen MR) is 115 cm³/mol. The van der Waals surface area contributed by atoms with Gasteiger partial charge < -0.3 is 9.80 Å². The van der Waals surface area contributed by atoms with E-state index < -0.39 is 0 Å². The fourth-order valence-electron chi connectivity index (χ4n) is 4.74. The van der Waals surface area contributed by atoms with Crippen molar-refractivity contribution in [2.75, 3.05) is 19.6 Å². The van der Waals surface area contributed by atoms with E-state index in [0.29, 0.717) is 18.7 Å². The zero-order chi connectivity index (χ0) is 21.4. The maximum Gasteiger partial charge on any atom is 0.226 e. The molecule has 2 aliphatic rings. The first kappa shape index (κ1) is 20.8. The quantitative estimate of drug-likeness (QED) is 0.701. The predicted octanol–water partition coefficient (Wildman–Crippen LogP) is 3.22. The summed E-state index contributed by atoms with van der Waals surface area (Å²) in [6, 6.07) is 2.10. The molecule has 7 nitrogen and oxygen atoms in total. The molecule has 7 heteroatoms. The molecule has 1 saturated heterocycles. The lowest BCUT2D eigenvalue weighted by molar-refractivity contribution is -0.133. The molecule has 1 saturated carbocycles. The lowest BCUT2D eigenvalue weighted by atomic mass is 10.1. The zero-order valence-electron chi connectivity index (χ0n) is 18.6. The van der Waals surface area contributed by atoms with Gasteiger partial charge in [-0.2, -0.15) is 5.10 Å². The van der Waals surface area contributed by atoms with Crippen molar-refractivity contribution >= 4 is 17.5 Å². The van der Waals surface area contributed by atoms with E-state index in [0.717, 1.165) is 73.6 Å². The van der Waals surface area contributed by atoms with Crippen LogP contribution in [0, 0.1) is 19.8 Å². The minimum Gasteiger partial charge on any atom is -0.343 e. The number of amides is 2. The van der Waals surface area contributed by atoms with Crippen LogP contribution in [-0.4, -0.2) is 55.8 Å². The Hall–Kier alpha value is -2.44. The van der Waals surface area contributed by atoms with Gasteiger partial charge in [0.25, 0.3) is 0 Å². The van der Waals surface area contributed by atoms with Crippen molar-refractivity contribution in [1.82, 2.24) is 24.4 Å². The molecule has 2 aromatic heterocycles. The number of rotatable bonds is 7. The van der Waals surface area contributed by atoms with Gasteiger partial charge in [0.05, 0.1) is 11.7 Å². The SMILES string of the molecule is CCN(CC)C(=O)CCc1c(C)nc2cc([C@H]3CCCN3C(=O)C3CC3)nn2c1C. The van der Waals surface area contributed by atoms with Gasteiger partial charge >= 0.3 is 0 Å². The lowest BCUT2D eigenvalue weighted by Crippen LogP contribution is -2.31. The van der Waals surface area contributed by atoms with E-state index in [1.54, 1.807) is 0 Å². The van der Waals surface area contributed by atoms with Crippen molar-refractivity contribution in [2.45, 2.75) is 72.3 Å². The van der Waals surface area contributed by atoms with Gasteiger partial charge in [-0.05, 0) is 65.4 Å². The first-order valence-electron chi connectivity index (χ1n) is 11.4. The van der Waals surface area contributed by atoms with Gasteiger partial charge in [-0.15, -0.1) is 0 Å². The minimum absolute atomic E-state index is 0.0622. The number of aromatic nitrogens is 3. The van der Waals surface area contributed by atoms with E-state index in [2.05, 4.69) is 6.92 Å². The first-order valence-corrected chi connectivity index (χ1v) is 11.4. The molecule has 0 spiro atoms. The first-order chi connectivity index (χ1) is 14.4. The molecule has 3 heterocycles. The molecule has 0 radical (unpaired) electrons. The second-order valence-corrected chi connectivity index (χ2v) is 8.63. The van der Waals surface area contributed by atoms with Gasteiger partial charge in [-0.1, -0.05) is 0 Å². The summed E-state index contributed by atoms with van der Waals surface area (Å²) < 4.78 is 1.90. The summed E-state index contributed by atoms with van der Waals surface area (Å²) in [6.45, 7) is 10.4. The molecule has 4 rings (SSSR count). The molecule has 30 heavy (non-hydrogen) atoms. The molecule has 0 aromatic carbocycles. The molecule has 2 aromatic rings. The molecule has 1 aliphatic heterocycles. The van der Waals surface area contributed by atoms with E-state index in [-0.39, 0.29) is 17.9 Å². The highest BCUT2D eigenvalue weighted by atomic mass is 16.2. The maximum absolute atomic E-state index is 12.7. The van der Waals surface area contributed by atoms with Crippen LogP contribution in [0.25, 0.3) is 5.65 Å².